The van der Waals surface area contributed by atoms with Crippen LogP contribution in [0.3, 0.4) is 0 Å². The van der Waals surface area contributed by atoms with Crippen molar-refractivity contribution in [2.45, 2.75) is 0 Å². The maximum atomic E-state index is 13.3. The molecular weight excluding hydrogens is 230 g/mol. The first kappa shape index (κ1) is 11.0. The summed E-state index contributed by atoms with van der Waals surface area (Å²) in [6, 6.07) is 2.75. The SMILES string of the molecule is O=C(O)C=Cc1ccc(Cl)c(Cl)c1F. The minimum atomic E-state index is -1.16. The summed E-state index contributed by atoms with van der Waals surface area (Å²) in [5.74, 6) is -1.88. The summed E-state index contributed by atoms with van der Waals surface area (Å²) >= 11 is 11.0. The Morgan fingerprint density at radius 1 is 1.43 bits per heavy atom. The Kier molecular flexibility index (Phi) is 3.49. The summed E-state index contributed by atoms with van der Waals surface area (Å²) in [5.41, 5.74) is 0.0850. The van der Waals surface area contributed by atoms with E-state index in [9.17, 15) is 9.18 Å². The number of benzene rings is 1. The number of aliphatic carboxylic acids is 1. The maximum absolute atomic E-state index is 13.3. The Labute approximate surface area is 89.6 Å². The van der Waals surface area contributed by atoms with Gasteiger partial charge in [-0.2, -0.15) is 0 Å². The van der Waals surface area contributed by atoms with Crippen molar-refractivity contribution in [1.29, 1.82) is 0 Å². The molecule has 14 heavy (non-hydrogen) atoms. The van der Waals surface area contributed by atoms with Crippen LogP contribution in [0.2, 0.25) is 10.0 Å². The molecule has 1 N–H and O–H groups in total. The van der Waals surface area contributed by atoms with E-state index in [0.717, 1.165) is 12.2 Å². The summed E-state index contributed by atoms with van der Waals surface area (Å²) in [7, 11) is 0. The number of carbonyl (C=O) groups is 1. The molecule has 0 atom stereocenters. The predicted molar refractivity (Wildman–Crippen MR) is 53.1 cm³/mol. The monoisotopic (exact) mass is 234 g/mol. The molecule has 0 saturated carbocycles. The van der Waals surface area contributed by atoms with Gasteiger partial charge in [0.1, 0.15) is 0 Å². The van der Waals surface area contributed by atoms with Crippen LogP contribution in [-0.4, -0.2) is 11.1 Å². The van der Waals surface area contributed by atoms with E-state index in [1.807, 2.05) is 0 Å². The van der Waals surface area contributed by atoms with Crippen molar-refractivity contribution in [1.82, 2.24) is 0 Å². The standard InChI is InChI=1S/C9H5Cl2FO2/c10-6-3-1-5(2-4-7(13)14)9(12)8(6)11/h1-4H,(H,13,14). The first-order chi connectivity index (χ1) is 6.52. The fraction of sp³-hybridized carbons (Fsp3) is 0. The van der Waals surface area contributed by atoms with Crippen LogP contribution < -0.4 is 0 Å². The molecule has 2 nitrogen and oxygen atoms in total. The molecule has 1 aromatic rings. The van der Waals surface area contributed by atoms with E-state index >= 15 is 0 Å². The van der Waals surface area contributed by atoms with Crippen LogP contribution in [0.25, 0.3) is 6.08 Å². The molecule has 0 fully saturated rings. The third kappa shape index (κ3) is 2.47. The lowest BCUT2D eigenvalue weighted by Crippen LogP contribution is -1.88. The fourth-order valence-electron chi connectivity index (χ4n) is 0.831. The topological polar surface area (TPSA) is 37.3 Å². The molecule has 0 heterocycles. The zero-order valence-electron chi connectivity index (χ0n) is 6.80. The van der Waals surface area contributed by atoms with Crippen LogP contribution in [0, 0.1) is 5.82 Å². The molecule has 0 aliphatic heterocycles. The van der Waals surface area contributed by atoms with Crippen LogP contribution in [-0.2, 0) is 4.79 Å². The van der Waals surface area contributed by atoms with Gasteiger partial charge in [0.25, 0.3) is 0 Å². The lowest BCUT2D eigenvalue weighted by Gasteiger charge is -2.00. The van der Waals surface area contributed by atoms with Crippen molar-refractivity contribution in [2.24, 2.45) is 0 Å². The van der Waals surface area contributed by atoms with Gasteiger partial charge in [0, 0.05) is 11.6 Å². The second-order valence-corrected chi connectivity index (χ2v) is 3.22. The molecule has 1 rings (SSSR count). The van der Waals surface area contributed by atoms with Crippen molar-refractivity contribution in [3.05, 3.63) is 39.6 Å². The Bertz CT molecular complexity index is 402. The normalized spacial score (nSPS) is 10.8. The van der Waals surface area contributed by atoms with Crippen molar-refractivity contribution >= 4 is 35.2 Å². The molecule has 0 bridgehead atoms. The van der Waals surface area contributed by atoms with Crippen molar-refractivity contribution in [3.63, 3.8) is 0 Å². The van der Waals surface area contributed by atoms with Gasteiger partial charge in [-0.3, -0.25) is 0 Å². The average molecular weight is 235 g/mol. The van der Waals surface area contributed by atoms with Gasteiger partial charge in [0.15, 0.2) is 5.82 Å². The van der Waals surface area contributed by atoms with E-state index < -0.39 is 11.8 Å². The number of rotatable bonds is 2. The van der Waals surface area contributed by atoms with Gasteiger partial charge >= 0.3 is 5.97 Å². The molecule has 0 radical (unpaired) electrons. The smallest absolute Gasteiger partial charge is 0.328 e. The predicted octanol–water partition coefficient (Wildman–Crippen LogP) is 3.23. The summed E-state index contributed by atoms with van der Waals surface area (Å²) in [6.45, 7) is 0. The third-order valence-electron chi connectivity index (χ3n) is 1.47. The van der Waals surface area contributed by atoms with Crippen LogP contribution in [0.15, 0.2) is 18.2 Å². The second kappa shape index (κ2) is 4.44. The highest BCUT2D eigenvalue weighted by atomic mass is 35.5. The van der Waals surface area contributed by atoms with E-state index in [1.54, 1.807) is 0 Å². The van der Waals surface area contributed by atoms with Crippen LogP contribution in [0.4, 0.5) is 4.39 Å². The Hall–Kier alpha value is -1.06. The van der Waals surface area contributed by atoms with Gasteiger partial charge < -0.3 is 5.11 Å². The lowest BCUT2D eigenvalue weighted by molar-refractivity contribution is -0.131. The maximum Gasteiger partial charge on any atom is 0.328 e. The highest BCUT2D eigenvalue weighted by Gasteiger charge is 2.08. The molecular formula is C9H5Cl2FO2. The fourth-order valence-corrected chi connectivity index (χ4v) is 1.15. The van der Waals surface area contributed by atoms with E-state index in [-0.39, 0.29) is 15.6 Å². The largest absolute Gasteiger partial charge is 0.478 e. The molecule has 0 unspecified atom stereocenters. The third-order valence-corrected chi connectivity index (χ3v) is 2.25. The summed E-state index contributed by atoms with van der Waals surface area (Å²) in [4.78, 5) is 10.2. The summed E-state index contributed by atoms with van der Waals surface area (Å²) < 4.78 is 13.3. The zero-order valence-corrected chi connectivity index (χ0v) is 8.31. The first-order valence-corrected chi connectivity index (χ1v) is 4.32. The van der Waals surface area contributed by atoms with E-state index in [4.69, 9.17) is 28.3 Å². The van der Waals surface area contributed by atoms with Crippen molar-refractivity contribution in [3.8, 4) is 0 Å². The molecule has 0 spiro atoms. The number of halogens is 3. The van der Waals surface area contributed by atoms with E-state index in [1.165, 1.54) is 12.1 Å². The van der Waals surface area contributed by atoms with Crippen LogP contribution >= 0.6 is 23.2 Å². The quantitative estimate of drug-likeness (QED) is 0.631. The molecule has 1 aromatic carbocycles. The van der Waals surface area contributed by atoms with Crippen LogP contribution in [0.1, 0.15) is 5.56 Å². The second-order valence-electron chi connectivity index (χ2n) is 2.44. The Morgan fingerprint density at radius 2 is 2.07 bits per heavy atom. The number of hydrogen-bond acceptors (Lipinski definition) is 1. The van der Waals surface area contributed by atoms with Gasteiger partial charge in [-0.05, 0) is 12.1 Å². The zero-order chi connectivity index (χ0) is 10.7. The summed E-state index contributed by atoms with van der Waals surface area (Å²) in [6.07, 6.45) is 1.93. The van der Waals surface area contributed by atoms with Gasteiger partial charge in [-0.15, -0.1) is 0 Å². The van der Waals surface area contributed by atoms with Crippen molar-refractivity contribution in [2.75, 3.05) is 0 Å². The lowest BCUT2D eigenvalue weighted by atomic mass is 10.2. The minimum Gasteiger partial charge on any atom is -0.478 e. The Morgan fingerprint density at radius 3 is 2.64 bits per heavy atom. The van der Waals surface area contributed by atoms with Crippen LogP contribution in [0.5, 0.6) is 0 Å². The molecule has 0 aliphatic rings. The molecule has 5 heteroatoms. The van der Waals surface area contributed by atoms with Gasteiger partial charge in [-0.1, -0.05) is 29.3 Å². The first-order valence-electron chi connectivity index (χ1n) is 3.57. The molecule has 0 aromatic heterocycles. The average Bonchev–Trinajstić information content (AvgIpc) is 2.13. The van der Waals surface area contributed by atoms with Gasteiger partial charge in [0.2, 0.25) is 0 Å². The Balaban J connectivity index is 3.12. The molecule has 0 amide bonds. The number of carboxylic acid groups (broad SMARTS) is 1. The van der Waals surface area contributed by atoms with Gasteiger partial charge in [0.05, 0.1) is 10.0 Å². The van der Waals surface area contributed by atoms with E-state index in [0.29, 0.717) is 0 Å². The number of carboxylic acids is 1. The molecule has 0 saturated heterocycles. The van der Waals surface area contributed by atoms with Gasteiger partial charge in [-0.25, -0.2) is 9.18 Å². The molecule has 74 valence electrons. The minimum absolute atomic E-state index is 0.0850. The van der Waals surface area contributed by atoms with E-state index in [2.05, 4.69) is 0 Å². The highest BCUT2D eigenvalue weighted by Crippen LogP contribution is 2.27. The van der Waals surface area contributed by atoms with Crippen molar-refractivity contribution < 1.29 is 14.3 Å². The summed E-state index contributed by atoms with van der Waals surface area (Å²) in [5, 5.41) is 8.21. The number of hydrogen-bond donors (Lipinski definition) is 1. The molecule has 0 aliphatic carbocycles. The highest BCUT2D eigenvalue weighted by molar-refractivity contribution is 6.42.